The van der Waals surface area contributed by atoms with Crippen LogP contribution in [0.5, 0.6) is 5.75 Å². The van der Waals surface area contributed by atoms with Crippen LogP contribution >= 0.6 is 22.9 Å². The van der Waals surface area contributed by atoms with Crippen LogP contribution in [0.25, 0.3) is 0 Å². The van der Waals surface area contributed by atoms with Crippen molar-refractivity contribution in [3.8, 4) is 5.75 Å². The van der Waals surface area contributed by atoms with E-state index in [0.717, 1.165) is 35.8 Å². The lowest BCUT2D eigenvalue weighted by atomic mass is 10.0. The third-order valence-corrected chi connectivity index (χ3v) is 4.54. The molecular formula is C14H15ClN2OS. The Morgan fingerprint density at radius 1 is 1.47 bits per heavy atom. The molecule has 1 aromatic carbocycles. The molecule has 1 aliphatic heterocycles. The van der Waals surface area contributed by atoms with E-state index in [1.54, 1.807) is 11.3 Å². The Bertz CT molecular complexity index is 571. The van der Waals surface area contributed by atoms with Gasteiger partial charge in [-0.1, -0.05) is 17.7 Å². The molecule has 0 saturated carbocycles. The predicted molar refractivity (Wildman–Crippen MR) is 78.7 cm³/mol. The molecule has 5 heteroatoms. The van der Waals surface area contributed by atoms with Crippen LogP contribution < -0.4 is 16.0 Å². The summed E-state index contributed by atoms with van der Waals surface area (Å²) in [6.07, 6.45) is 1.71. The van der Waals surface area contributed by atoms with E-state index in [-0.39, 0.29) is 6.04 Å². The number of rotatable bonds is 4. The van der Waals surface area contributed by atoms with E-state index in [4.69, 9.17) is 22.2 Å². The lowest BCUT2D eigenvalue weighted by Gasteiger charge is -2.16. The SMILES string of the molecule is NNC(Cc1cc(Cl)cc2c1OCC2)c1cccs1. The smallest absolute Gasteiger partial charge is 0.125 e. The molecule has 0 saturated heterocycles. The highest BCUT2D eigenvalue weighted by Crippen LogP contribution is 2.35. The van der Waals surface area contributed by atoms with Gasteiger partial charge in [-0.3, -0.25) is 11.3 Å². The molecule has 2 heterocycles. The first-order valence-electron chi connectivity index (χ1n) is 6.21. The molecule has 0 spiro atoms. The zero-order valence-electron chi connectivity index (χ0n) is 10.4. The Kier molecular flexibility index (Phi) is 3.75. The van der Waals surface area contributed by atoms with Gasteiger partial charge in [0.05, 0.1) is 12.6 Å². The summed E-state index contributed by atoms with van der Waals surface area (Å²) in [7, 11) is 0. The summed E-state index contributed by atoms with van der Waals surface area (Å²) in [5.41, 5.74) is 5.20. The Balaban J connectivity index is 1.90. The van der Waals surface area contributed by atoms with Gasteiger partial charge in [-0.2, -0.15) is 0 Å². The normalized spacial score (nSPS) is 15.1. The van der Waals surface area contributed by atoms with Crippen molar-refractivity contribution in [2.24, 2.45) is 5.84 Å². The first-order valence-corrected chi connectivity index (χ1v) is 7.47. The third kappa shape index (κ3) is 2.62. The Morgan fingerprint density at radius 3 is 3.11 bits per heavy atom. The summed E-state index contributed by atoms with van der Waals surface area (Å²) < 4.78 is 5.72. The minimum atomic E-state index is 0.0896. The average molecular weight is 295 g/mol. The fourth-order valence-corrected chi connectivity index (χ4v) is 3.50. The molecule has 2 aromatic rings. The number of nitrogens with two attached hydrogens (primary N) is 1. The van der Waals surface area contributed by atoms with Crippen molar-refractivity contribution in [1.82, 2.24) is 5.43 Å². The second-order valence-corrected chi connectivity index (χ2v) is 6.01. The highest BCUT2D eigenvalue weighted by molar-refractivity contribution is 7.10. The lowest BCUT2D eigenvalue weighted by molar-refractivity contribution is 0.351. The van der Waals surface area contributed by atoms with Crippen LogP contribution in [0, 0.1) is 0 Å². The van der Waals surface area contributed by atoms with E-state index in [9.17, 15) is 0 Å². The maximum absolute atomic E-state index is 6.18. The van der Waals surface area contributed by atoms with Gasteiger partial charge < -0.3 is 4.74 Å². The van der Waals surface area contributed by atoms with Crippen molar-refractivity contribution < 1.29 is 4.74 Å². The molecule has 1 aliphatic rings. The van der Waals surface area contributed by atoms with Crippen LogP contribution in [0.1, 0.15) is 22.0 Å². The molecule has 0 amide bonds. The lowest BCUT2D eigenvalue weighted by Crippen LogP contribution is -2.29. The number of hydrogen-bond acceptors (Lipinski definition) is 4. The van der Waals surface area contributed by atoms with E-state index >= 15 is 0 Å². The summed E-state index contributed by atoms with van der Waals surface area (Å²) in [5, 5.41) is 2.82. The number of halogens is 1. The molecule has 0 radical (unpaired) electrons. The third-order valence-electron chi connectivity index (χ3n) is 3.34. The van der Waals surface area contributed by atoms with Crippen molar-refractivity contribution in [1.29, 1.82) is 0 Å². The number of nitrogens with one attached hydrogen (secondary N) is 1. The summed E-state index contributed by atoms with van der Waals surface area (Å²) in [6.45, 7) is 0.738. The zero-order chi connectivity index (χ0) is 13.2. The fraction of sp³-hybridized carbons (Fsp3) is 0.286. The van der Waals surface area contributed by atoms with Crippen molar-refractivity contribution >= 4 is 22.9 Å². The van der Waals surface area contributed by atoms with Crippen LogP contribution in [-0.2, 0) is 12.8 Å². The molecule has 1 unspecified atom stereocenters. The summed E-state index contributed by atoms with van der Waals surface area (Å²) >= 11 is 7.87. The first-order chi connectivity index (χ1) is 9.28. The monoisotopic (exact) mass is 294 g/mol. The van der Waals surface area contributed by atoms with Gasteiger partial charge in [0.15, 0.2) is 0 Å². The minimum Gasteiger partial charge on any atom is -0.493 e. The quantitative estimate of drug-likeness (QED) is 0.673. The molecule has 100 valence electrons. The largest absolute Gasteiger partial charge is 0.493 e. The first kappa shape index (κ1) is 12.9. The van der Waals surface area contributed by atoms with Crippen LogP contribution in [0.15, 0.2) is 29.6 Å². The number of thiophene rings is 1. The van der Waals surface area contributed by atoms with Crippen molar-refractivity contribution in [3.05, 3.63) is 50.7 Å². The summed E-state index contributed by atoms with van der Waals surface area (Å²) in [6, 6.07) is 8.17. The van der Waals surface area contributed by atoms with Crippen LogP contribution in [0.3, 0.4) is 0 Å². The molecule has 3 rings (SSSR count). The molecule has 0 fully saturated rings. The van der Waals surface area contributed by atoms with Gasteiger partial charge in [-0.25, -0.2) is 0 Å². The van der Waals surface area contributed by atoms with E-state index in [1.165, 1.54) is 10.4 Å². The Hall–Kier alpha value is -1.07. The highest BCUT2D eigenvalue weighted by Gasteiger charge is 2.21. The maximum atomic E-state index is 6.18. The second-order valence-electron chi connectivity index (χ2n) is 4.59. The topological polar surface area (TPSA) is 47.3 Å². The van der Waals surface area contributed by atoms with Crippen molar-refractivity contribution in [3.63, 3.8) is 0 Å². The number of fused-ring (bicyclic) bond motifs is 1. The summed E-state index contributed by atoms with van der Waals surface area (Å²) in [5.74, 6) is 6.67. The fourth-order valence-electron chi connectivity index (χ4n) is 2.45. The van der Waals surface area contributed by atoms with Crippen LogP contribution in [0.4, 0.5) is 0 Å². The number of ether oxygens (including phenoxy) is 1. The second kappa shape index (κ2) is 5.51. The van der Waals surface area contributed by atoms with Crippen molar-refractivity contribution in [2.45, 2.75) is 18.9 Å². The number of hydrogen-bond donors (Lipinski definition) is 2. The van der Waals surface area contributed by atoms with Gasteiger partial charge in [-0.15, -0.1) is 11.3 Å². The van der Waals surface area contributed by atoms with E-state index in [1.807, 2.05) is 18.2 Å². The molecule has 0 aliphatic carbocycles. The Morgan fingerprint density at radius 2 is 2.37 bits per heavy atom. The van der Waals surface area contributed by atoms with Gasteiger partial charge >= 0.3 is 0 Å². The predicted octanol–water partition coefficient (Wildman–Crippen LogP) is 3.08. The molecule has 19 heavy (non-hydrogen) atoms. The van der Waals surface area contributed by atoms with Gasteiger partial charge in [0.1, 0.15) is 5.75 Å². The molecular weight excluding hydrogens is 280 g/mol. The molecule has 3 nitrogen and oxygen atoms in total. The van der Waals surface area contributed by atoms with E-state index < -0.39 is 0 Å². The minimum absolute atomic E-state index is 0.0896. The van der Waals surface area contributed by atoms with Gasteiger partial charge in [-0.05, 0) is 41.1 Å². The van der Waals surface area contributed by atoms with Crippen LogP contribution in [0.2, 0.25) is 5.02 Å². The van der Waals surface area contributed by atoms with Crippen molar-refractivity contribution in [2.75, 3.05) is 6.61 Å². The maximum Gasteiger partial charge on any atom is 0.125 e. The van der Waals surface area contributed by atoms with E-state index in [0.29, 0.717) is 0 Å². The molecule has 1 atom stereocenters. The number of hydrazine groups is 1. The van der Waals surface area contributed by atoms with Crippen LogP contribution in [-0.4, -0.2) is 6.61 Å². The van der Waals surface area contributed by atoms with E-state index in [2.05, 4.69) is 16.9 Å². The van der Waals surface area contributed by atoms with Gasteiger partial charge in [0, 0.05) is 16.3 Å². The standard InChI is InChI=1S/C14H15ClN2OS/c15-11-6-9-3-4-18-14(9)10(7-11)8-12(17-16)13-2-1-5-19-13/h1-2,5-7,12,17H,3-4,8,16H2. The Labute approximate surface area is 121 Å². The zero-order valence-corrected chi connectivity index (χ0v) is 11.9. The van der Waals surface area contributed by atoms with Gasteiger partial charge in [0.25, 0.3) is 0 Å². The summed E-state index contributed by atoms with van der Waals surface area (Å²) in [4.78, 5) is 1.22. The average Bonchev–Trinajstić information content (AvgIpc) is 3.05. The highest BCUT2D eigenvalue weighted by atomic mass is 35.5. The molecule has 0 bridgehead atoms. The molecule has 1 aromatic heterocycles. The number of benzene rings is 1. The van der Waals surface area contributed by atoms with Gasteiger partial charge in [0.2, 0.25) is 0 Å². The molecule has 3 N–H and O–H groups in total.